The van der Waals surface area contributed by atoms with Gasteiger partial charge in [0.05, 0.1) is 22.3 Å². The van der Waals surface area contributed by atoms with Crippen molar-refractivity contribution >= 4 is 38.8 Å². The van der Waals surface area contributed by atoms with Crippen LogP contribution in [0, 0.1) is 11.3 Å². The number of benzene rings is 3. The van der Waals surface area contributed by atoms with Crippen molar-refractivity contribution in [2.75, 3.05) is 6.61 Å². The number of carbonyl (C=O) groups is 1. The van der Waals surface area contributed by atoms with E-state index in [0.717, 1.165) is 20.8 Å². The molecule has 0 unspecified atom stereocenters. The standard InChI is InChI=1S/C20H14BrN3O2/c21-20-17-4-2-1-3-16(17)9-10-18(20)26-13-19(25)24-23-12-15-7-5-14(11-22)6-8-15/h1-10,12H,13H2,(H,24,25)/b23-12-. The average Bonchev–Trinajstić information content (AvgIpc) is 2.68. The van der Waals surface area contributed by atoms with Gasteiger partial charge in [0, 0.05) is 0 Å². The molecule has 0 aromatic heterocycles. The predicted molar refractivity (Wildman–Crippen MR) is 104 cm³/mol. The number of hydrogen-bond donors (Lipinski definition) is 1. The Balaban J connectivity index is 1.56. The van der Waals surface area contributed by atoms with E-state index < -0.39 is 0 Å². The largest absolute Gasteiger partial charge is 0.483 e. The van der Waals surface area contributed by atoms with E-state index in [-0.39, 0.29) is 12.5 Å². The number of hydrazone groups is 1. The molecule has 0 spiro atoms. The lowest BCUT2D eigenvalue weighted by Gasteiger charge is -2.09. The first-order valence-electron chi connectivity index (χ1n) is 7.79. The molecule has 0 aliphatic heterocycles. The lowest BCUT2D eigenvalue weighted by molar-refractivity contribution is -0.123. The van der Waals surface area contributed by atoms with Crippen molar-refractivity contribution in [3.05, 3.63) is 76.3 Å². The third-order valence-electron chi connectivity index (χ3n) is 3.63. The number of amides is 1. The molecular weight excluding hydrogens is 394 g/mol. The summed E-state index contributed by atoms with van der Waals surface area (Å²) in [6, 6.07) is 20.6. The molecule has 0 aliphatic rings. The number of fused-ring (bicyclic) bond motifs is 1. The minimum absolute atomic E-state index is 0.151. The van der Waals surface area contributed by atoms with Crippen molar-refractivity contribution in [3.63, 3.8) is 0 Å². The molecule has 3 aromatic carbocycles. The van der Waals surface area contributed by atoms with Crippen molar-refractivity contribution in [2.45, 2.75) is 0 Å². The van der Waals surface area contributed by atoms with E-state index in [4.69, 9.17) is 10.00 Å². The van der Waals surface area contributed by atoms with Gasteiger partial charge in [0.2, 0.25) is 0 Å². The molecule has 1 N–H and O–H groups in total. The van der Waals surface area contributed by atoms with Crippen LogP contribution in [0.5, 0.6) is 5.75 Å². The van der Waals surface area contributed by atoms with Crippen molar-refractivity contribution < 1.29 is 9.53 Å². The summed E-state index contributed by atoms with van der Waals surface area (Å²) in [5.41, 5.74) is 3.76. The highest BCUT2D eigenvalue weighted by atomic mass is 79.9. The Morgan fingerprint density at radius 2 is 1.92 bits per heavy atom. The fraction of sp³-hybridized carbons (Fsp3) is 0.0500. The highest BCUT2D eigenvalue weighted by molar-refractivity contribution is 9.10. The summed E-state index contributed by atoms with van der Waals surface area (Å²) >= 11 is 3.52. The van der Waals surface area contributed by atoms with Crippen LogP contribution in [0.3, 0.4) is 0 Å². The molecule has 0 radical (unpaired) electrons. The Bertz CT molecular complexity index is 1010. The minimum Gasteiger partial charge on any atom is -0.483 e. The summed E-state index contributed by atoms with van der Waals surface area (Å²) < 4.78 is 6.38. The number of rotatable bonds is 5. The Morgan fingerprint density at radius 1 is 1.15 bits per heavy atom. The molecule has 3 aromatic rings. The molecule has 0 aliphatic carbocycles. The average molecular weight is 408 g/mol. The van der Waals surface area contributed by atoms with Crippen LogP contribution in [-0.2, 0) is 4.79 Å². The number of nitrogens with zero attached hydrogens (tertiary/aromatic N) is 2. The molecule has 128 valence electrons. The molecule has 0 saturated heterocycles. The summed E-state index contributed by atoms with van der Waals surface area (Å²) in [5.74, 6) is 0.227. The van der Waals surface area contributed by atoms with Crippen molar-refractivity contribution in [3.8, 4) is 11.8 Å². The second-order valence-electron chi connectivity index (χ2n) is 5.41. The lowest BCUT2D eigenvalue weighted by Crippen LogP contribution is -2.24. The first-order chi connectivity index (χ1) is 12.7. The third-order valence-corrected chi connectivity index (χ3v) is 4.45. The fourth-order valence-corrected chi connectivity index (χ4v) is 2.93. The first kappa shape index (κ1) is 17.6. The highest BCUT2D eigenvalue weighted by Gasteiger charge is 2.08. The minimum atomic E-state index is -0.366. The van der Waals surface area contributed by atoms with E-state index in [1.165, 1.54) is 6.21 Å². The normalized spacial score (nSPS) is 10.6. The Morgan fingerprint density at radius 3 is 2.69 bits per heavy atom. The van der Waals surface area contributed by atoms with Gasteiger partial charge in [0.1, 0.15) is 5.75 Å². The summed E-state index contributed by atoms with van der Waals surface area (Å²) in [4.78, 5) is 11.9. The molecule has 3 rings (SSSR count). The molecule has 26 heavy (non-hydrogen) atoms. The van der Waals surface area contributed by atoms with Crippen LogP contribution in [-0.4, -0.2) is 18.7 Å². The zero-order valence-electron chi connectivity index (χ0n) is 13.6. The van der Waals surface area contributed by atoms with E-state index in [2.05, 4.69) is 26.5 Å². The van der Waals surface area contributed by atoms with Gasteiger partial charge in [-0.2, -0.15) is 10.4 Å². The second kappa shape index (κ2) is 8.28. The van der Waals surface area contributed by atoms with Crippen molar-refractivity contribution in [1.82, 2.24) is 5.43 Å². The monoisotopic (exact) mass is 407 g/mol. The molecule has 0 saturated carbocycles. The van der Waals surface area contributed by atoms with Gasteiger partial charge in [-0.25, -0.2) is 5.43 Å². The Labute approximate surface area is 159 Å². The van der Waals surface area contributed by atoms with Gasteiger partial charge in [-0.1, -0.05) is 42.5 Å². The number of halogens is 1. The number of nitrogens with one attached hydrogen (secondary N) is 1. The van der Waals surface area contributed by atoms with E-state index in [1.807, 2.05) is 42.5 Å². The van der Waals surface area contributed by atoms with E-state index >= 15 is 0 Å². The predicted octanol–water partition coefficient (Wildman–Crippen LogP) is 4.00. The highest BCUT2D eigenvalue weighted by Crippen LogP contribution is 2.32. The van der Waals surface area contributed by atoms with Gasteiger partial charge in [-0.3, -0.25) is 4.79 Å². The van der Waals surface area contributed by atoms with Crippen molar-refractivity contribution in [1.29, 1.82) is 5.26 Å². The van der Waals surface area contributed by atoms with Gasteiger partial charge >= 0.3 is 0 Å². The number of ether oxygens (including phenoxy) is 1. The molecule has 0 atom stereocenters. The zero-order chi connectivity index (χ0) is 18.4. The van der Waals surface area contributed by atoms with E-state index in [0.29, 0.717) is 11.3 Å². The molecule has 1 amide bonds. The maximum atomic E-state index is 11.9. The summed E-state index contributed by atoms with van der Waals surface area (Å²) in [6.45, 7) is -0.151. The molecular formula is C20H14BrN3O2. The lowest BCUT2D eigenvalue weighted by atomic mass is 10.1. The number of hydrogen-bond acceptors (Lipinski definition) is 4. The van der Waals surface area contributed by atoms with Gasteiger partial charge in [-0.15, -0.1) is 0 Å². The van der Waals surface area contributed by atoms with Gasteiger partial charge in [-0.05, 0) is 50.5 Å². The summed E-state index contributed by atoms with van der Waals surface area (Å²) in [7, 11) is 0. The summed E-state index contributed by atoms with van der Waals surface area (Å²) in [5, 5.41) is 14.7. The third kappa shape index (κ3) is 4.26. The maximum Gasteiger partial charge on any atom is 0.277 e. The van der Waals surface area contributed by atoms with Gasteiger partial charge in [0.25, 0.3) is 5.91 Å². The van der Waals surface area contributed by atoms with Crippen LogP contribution < -0.4 is 10.2 Å². The topological polar surface area (TPSA) is 74.5 Å². The molecule has 6 heteroatoms. The number of nitriles is 1. The van der Waals surface area contributed by atoms with Crippen LogP contribution in [0.15, 0.2) is 70.2 Å². The molecule has 0 fully saturated rings. The van der Waals surface area contributed by atoms with Crippen LogP contribution in [0.25, 0.3) is 10.8 Å². The molecule has 0 bridgehead atoms. The summed E-state index contributed by atoms with van der Waals surface area (Å²) in [6.07, 6.45) is 1.50. The van der Waals surface area contributed by atoms with Crippen LogP contribution in [0.1, 0.15) is 11.1 Å². The first-order valence-corrected chi connectivity index (χ1v) is 8.59. The smallest absolute Gasteiger partial charge is 0.277 e. The zero-order valence-corrected chi connectivity index (χ0v) is 15.2. The van der Waals surface area contributed by atoms with Crippen LogP contribution >= 0.6 is 15.9 Å². The Hall–Kier alpha value is -3.17. The van der Waals surface area contributed by atoms with Crippen LogP contribution in [0.2, 0.25) is 0 Å². The number of carbonyl (C=O) groups excluding carboxylic acids is 1. The molecule has 0 heterocycles. The van der Waals surface area contributed by atoms with E-state index in [9.17, 15) is 4.79 Å². The second-order valence-corrected chi connectivity index (χ2v) is 6.21. The van der Waals surface area contributed by atoms with Crippen molar-refractivity contribution in [2.24, 2.45) is 5.10 Å². The Kier molecular flexibility index (Phi) is 5.62. The molecule has 5 nitrogen and oxygen atoms in total. The van der Waals surface area contributed by atoms with Gasteiger partial charge in [0.15, 0.2) is 6.61 Å². The van der Waals surface area contributed by atoms with Crippen LogP contribution in [0.4, 0.5) is 0 Å². The SMILES string of the molecule is N#Cc1ccc(/C=N\NC(=O)COc2ccc3ccccc3c2Br)cc1. The quantitative estimate of drug-likeness (QED) is 0.512. The van der Waals surface area contributed by atoms with Gasteiger partial charge < -0.3 is 4.74 Å². The fourth-order valence-electron chi connectivity index (χ4n) is 2.32. The van der Waals surface area contributed by atoms with E-state index in [1.54, 1.807) is 24.3 Å². The maximum absolute atomic E-state index is 11.9.